The molecule has 0 fully saturated rings. The van der Waals surface area contributed by atoms with Crippen LogP contribution >= 0.6 is 0 Å². The van der Waals surface area contributed by atoms with E-state index in [2.05, 4.69) is 5.32 Å². The number of carbonyl (C=O) groups excluding carboxylic acids is 2. The maximum absolute atomic E-state index is 12.3. The number of hydrogen-bond donors (Lipinski definition) is 2. The van der Waals surface area contributed by atoms with Gasteiger partial charge in [-0.3, -0.25) is 9.59 Å². The van der Waals surface area contributed by atoms with E-state index in [1.54, 1.807) is 42.5 Å². The zero-order valence-corrected chi connectivity index (χ0v) is 15.2. The monoisotopic (exact) mass is 371 g/mol. The van der Waals surface area contributed by atoms with Crippen LogP contribution in [0.15, 0.2) is 42.5 Å². The molecule has 142 valence electrons. The summed E-state index contributed by atoms with van der Waals surface area (Å²) in [4.78, 5) is 34.4. The molecule has 2 aromatic rings. The summed E-state index contributed by atoms with van der Waals surface area (Å²) in [5, 5.41) is 11.4. The third-order valence-corrected chi connectivity index (χ3v) is 3.79. The maximum atomic E-state index is 12.3. The molecule has 0 aliphatic rings. The van der Waals surface area contributed by atoms with E-state index in [-0.39, 0.29) is 24.7 Å². The first-order valence-corrected chi connectivity index (χ1v) is 8.27. The molecule has 0 heterocycles. The zero-order chi connectivity index (χ0) is 19.8. The van der Waals surface area contributed by atoms with Gasteiger partial charge in [-0.05, 0) is 42.8 Å². The van der Waals surface area contributed by atoms with Gasteiger partial charge in [-0.1, -0.05) is 12.1 Å². The average molecular weight is 371 g/mol. The molecule has 0 atom stereocenters. The number of methoxy groups -OCH3 is 1. The molecule has 0 saturated heterocycles. The molecule has 2 rings (SSSR count). The van der Waals surface area contributed by atoms with Crippen molar-refractivity contribution in [3.8, 4) is 11.5 Å². The highest BCUT2D eigenvalue weighted by Gasteiger charge is 2.11. The van der Waals surface area contributed by atoms with Crippen LogP contribution in [0.2, 0.25) is 0 Å². The lowest BCUT2D eigenvalue weighted by atomic mass is 10.0. The molecule has 0 unspecified atom stereocenters. The topological polar surface area (TPSA) is 102 Å². The van der Waals surface area contributed by atoms with E-state index in [9.17, 15) is 14.4 Å². The van der Waals surface area contributed by atoms with E-state index >= 15 is 0 Å². The first-order chi connectivity index (χ1) is 12.9. The van der Waals surface area contributed by atoms with Crippen molar-refractivity contribution >= 4 is 17.7 Å². The third-order valence-electron chi connectivity index (χ3n) is 3.79. The van der Waals surface area contributed by atoms with Crippen molar-refractivity contribution in [2.45, 2.75) is 19.9 Å². The number of carbonyl (C=O) groups is 3. The molecule has 2 aromatic carbocycles. The lowest BCUT2D eigenvalue weighted by Gasteiger charge is -2.11. The van der Waals surface area contributed by atoms with Crippen LogP contribution in [0, 0.1) is 0 Å². The molecule has 1 amide bonds. The van der Waals surface area contributed by atoms with Gasteiger partial charge in [0.25, 0.3) is 0 Å². The molecule has 27 heavy (non-hydrogen) atoms. The second-order valence-corrected chi connectivity index (χ2v) is 5.87. The van der Waals surface area contributed by atoms with E-state index in [1.165, 1.54) is 14.0 Å². The van der Waals surface area contributed by atoms with Crippen molar-refractivity contribution in [1.82, 2.24) is 5.32 Å². The Balaban J connectivity index is 1.98. The van der Waals surface area contributed by atoms with Gasteiger partial charge in [0.2, 0.25) is 5.91 Å². The minimum atomic E-state index is -1.06. The highest BCUT2D eigenvalue weighted by atomic mass is 16.5. The molecule has 0 bridgehead atoms. The predicted octanol–water partition coefficient (Wildman–Crippen LogP) is 2.22. The van der Waals surface area contributed by atoms with Crippen molar-refractivity contribution in [2.24, 2.45) is 0 Å². The summed E-state index contributed by atoms with van der Waals surface area (Å²) in [5.74, 6) is -0.419. The summed E-state index contributed by atoms with van der Waals surface area (Å²) in [6.07, 6.45) is 0.0689. The van der Waals surface area contributed by atoms with Crippen LogP contribution in [-0.2, 0) is 22.6 Å². The van der Waals surface area contributed by atoms with Gasteiger partial charge in [-0.25, -0.2) is 4.79 Å². The van der Waals surface area contributed by atoms with Crippen molar-refractivity contribution in [2.75, 3.05) is 13.7 Å². The van der Waals surface area contributed by atoms with Crippen molar-refractivity contribution in [1.29, 1.82) is 0 Å². The molecule has 0 aromatic heterocycles. The van der Waals surface area contributed by atoms with Crippen LogP contribution in [0.25, 0.3) is 0 Å². The summed E-state index contributed by atoms with van der Waals surface area (Å²) in [5.41, 5.74) is 1.92. The Morgan fingerprint density at radius 1 is 1.11 bits per heavy atom. The Morgan fingerprint density at radius 3 is 2.56 bits per heavy atom. The number of nitrogens with one attached hydrogen (secondary N) is 1. The van der Waals surface area contributed by atoms with Crippen molar-refractivity contribution < 1.29 is 29.0 Å². The second kappa shape index (κ2) is 9.38. The lowest BCUT2D eigenvalue weighted by molar-refractivity contribution is -0.139. The molecule has 2 N–H and O–H groups in total. The predicted molar refractivity (Wildman–Crippen MR) is 98.1 cm³/mol. The standard InChI is InChI=1S/C20H21NO6/c1-13(22)15-6-7-18(26-2)16(9-15)10-19(23)21-11-14-4-3-5-17(8-14)27-12-20(24)25/h3-9H,10-12H2,1-2H3,(H,21,23)(H,24,25). The summed E-state index contributed by atoms with van der Waals surface area (Å²) < 4.78 is 10.4. The Bertz CT molecular complexity index is 846. The summed E-state index contributed by atoms with van der Waals surface area (Å²) in [6, 6.07) is 11.8. The van der Waals surface area contributed by atoms with Gasteiger partial charge in [0, 0.05) is 17.7 Å². The highest BCUT2D eigenvalue weighted by Crippen LogP contribution is 2.21. The van der Waals surface area contributed by atoms with Crippen LogP contribution in [0.5, 0.6) is 11.5 Å². The molecule has 0 saturated carbocycles. The van der Waals surface area contributed by atoms with E-state index in [0.29, 0.717) is 22.6 Å². The first kappa shape index (κ1) is 20.0. The maximum Gasteiger partial charge on any atom is 0.341 e. The number of carboxylic acid groups (broad SMARTS) is 1. The number of amides is 1. The van der Waals surface area contributed by atoms with Crippen LogP contribution in [0.3, 0.4) is 0 Å². The highest BCUT2D eigenvalue weighted by molar-refractivity contribution is 5.94. The molecule has 7 heteroatoms. The Kier molecular flexibility index (Phi) is 6.93. The summed E-state index contributed by atoms with van der Waals surface area (Å²) in [7, 11) is 1.51. The fourth-order valence-corrected chi connectivity index (χ4v) is 2.46. The average Bonchev–Trinajstić information content (AvgIpc) is 2.65. The molecule has 7 nitrogen and oxygen atoms in total. The van der Waals surface area contributed by atoms with Gasteiger partial charge in [0.05, 0.1) is 13.5 Å². The minimum absolute atomic E-state index is 0.0689. The van der Waals surface area contributed by atoms with Gasteiger partial charge in [-0.2, -0.15) is 0 Å². The number of carboxylic acids is 1. The van der Waals surface area contributed by atoms with E-state index < -0.39 is 12.6 Å². The number of rotatable bonds is 9. The first-order valence-electron chi connectivity index (χ1n) is 8.27. The van der Waals surface area contributed by atoms with E-state index in [0.717, 1.165) is 5.56 Å². The van der Waals surface area contributed by atoms with Gasteiger partial charge >= 0.3 is 5.97 Å². The number of hydrogen-bond acceptors (Lipinski definition) is 5. The number of ketones is 1. The SMILES string of the molecule is COc1ccc(C(C)=O)cc1CC(=O)NCc1cccc(OCC(=O)O)c1. The molecular formula is C20H21NO6. The number of aliphatic carboxylic acids is 1. The molecular weight excluding hydrogens is 350 g/mol. The van der Waals surface area contributed by atoms with Crippen LogP contribution in [0.1, 0.15) is 28.4 Å². The summed E-state index contributed by atoms with van der Waals surface area (Å²) in [6.45, 7) is 1.30. The third kappa shape index (κ3) is 6.14. The smallest absolute Gasteiger partial charge is 0.341 e. The van der Waals surface area contributed by atoms with Crippen molar-refractivity contribution in [3.05, 3.63) is 59.2 Å². The normalized spacial score (nSPS) is 10.1. The summed E-state index contributed by atoms with van der Waals surface area (Å²) >= 11 is 0. The van der Waals surface area contributed by atoms with Gasteiger partial charge in [-0.15, -0.1) is 0 Å². The van der Waals surface area contributed by atoms with Crippen molar-refractivity contribution in [3.63, 3.8) is 0 Å². The Labute approximate surface area is 156 Å². The van der Waals surface area contributed by atoms with Gasteiger partial charge in [0.15, 0.2) is 12.4 Å². The Morgan fingerprint density at radius 2 is 1.89 bits per heavy atom. The van der Waals surface area contributed by atoms with Crippen LogP contribution in [-0.4, -0.2) is 36.5 Å². The number of benzene rings is 2. The number of ether oxygens (including phenoxy) is 2. The fourth-order valence-electron chi connectivity index (χ4n) is 2.46. The van der Waals surface area contributed by atoms with Crippen LogP contribution < -0.4 is 14.8 Å². The lowest BCUT2D eigenvalue weighted by Crippen LogP contribution is -2.24. The zero-order valence-electron chi connectivity index (χ0n) is 15.2. The molecule has 0 aliphatic carbocycles. The quantitative estimate of drug-likeness (QED) is 0.656. The minimum Gasteiger partial charge on any atom is -0.496 e. The Hall–Kier alpha value is -3.35. The largest absolute Gasteiger partial charge is 0.496 e. The second-order valence-electron chi connectivity index (χ2n) is 5.87. The molecule has 0 spiro atoms. The molecule has 0 aliphatic heterocycles. The fraction of sp³-hybridized carbons (Fsp3) is 0.250. The number of Topliss-reactive ketones (excluding diaryl/α,β-unsaturated/α-hetero) is 1. The molecule has 0 radical (unpaired) electrons. The van der Waals surface area contributed by atoms with E-state index in [1.807, 2.05) is 0 Å². The van der Waals surface area contributed by atoms with Crippen LogP contribution in [0.4, 0.5) is 0 Å². The van der Waals surface area contributed by atoms with Gasteiger partial charge < -0.3 is 19.9 Å². The van der Waals surface area contributed by atoms with E-state index in [4.69, 9.17) is 14.6 Å². The van der Waals surface area contributed by atoms with Gasteiger partial charge in [0.1, 0.15) is 11.5 Å².